The lowest BCUT2D eigenvalue weighted by atomic mass is 10.1. The van der Waals surface area contributed by atoms with Crippen LogP contribution in [0.2, 0.25) is 0 Å². The van der Waals surface area contributed by atoms with Crippen molar-refractivity contribution in [1.82, 2.24) is 9.55 Å². The van der Waals surface area contributed by atoms with Crippen molar-refractivity contribution in [3.8, 4) is 11.3 Å². The largest absolute Gasteiger partial charge is 0.477 e. The van der Waals surface area contributed by atoms with Crippen LogP contribution in [-0.4, -0.2) is 20.6 Å². The molecular formula is C15H13N3O3S. The monoisotopic (exact) mass is 315 g/mol. The van der Waals surface area contributed by atoms with Gasteiger partial charge >= 0.3 is 5.97 Å². The Morgan fingerprint density at radius 3 is 2.82 bits per heavy atom. The fraction of sp³-hybridized carbons (Fsp3) is 0.133. The minimum atomic E-state index is -1.22. The summed E-state index contributed by atoms with van der Waals surface area (Å²) in [4.78, 5) is 27.7. The number of nitrogens with zero attached hydrogens (tertiary/aromatic N) is 2. The summed E-state index contributed by atoms with van der Waals surface area (Å²) in [5, 5.41) is 11.8. The molecule has 22 heavy (non-hydrogen) atoms. The molecule has 112 valence electrons. The Labute approximate surface area is 129 Å². The highest BCUT2D eigenvalue weighted by Crippen LogP contribution is 2.26. The van der Waals surface area contributed by atoms with E-state index >= 15 is 0 Å². The van der Waals surface area contributed by atoms with Crippen LogP contribution >= 0.6 is 11.3 Å². The van der Waals surface area contributed by atoms with Gasteiger partial charge in [-0.1, -0.05) is 6.07 Å². The first-order chi connectivity index (χ1) is 10.5. The molecule has 3 N–H and O–H groups in total. The number of carboxylic acids is 1. The summed E-state index contributed by atoms with van der Waals surface area (Å²) >= 11 is 1.34. The second kappa shape index (κ2) is 5.27. The molecule has 0 amide bonds. The third-order valence-corrected chi connectivity index (χ3v) is 4.14. The molecule has 0 fully saturated rings. The lowest BCUT2D eigenvalue weighted by Gasteiger charge is -2.11. The quantitative estimate of drug-likeness (QED) is 0.773. The number of fused-ring (bicyclic) bond motifs is 1. The van der Waals surface area contributed by atoms with Crippen LogP contribution in [-0.2, 0) is 6.54 Å². The molecule has 0 aliphatic heterocycles. The van der Waals surface area contributed by atoms with Gasteiger partial charge in [-0.3, -0.25) is 4.79 Å². The zero-order valence-electron chi connectivity index (χ0n) is 11.7. The minimum absolute atomic E-state index is 0.222. The fourth-order valence-electron chi connectivity index (χ4n) is 2.38. The maximum absolute atomic E-state index is 12.3. The first-order valence-electron chi connectivity index (χ1n) is 6.63. The lowest BCUT2D eigenvalue weighted by Crippen LogP contribution is -2.18. The lowest BCUT2D eigenvalue weighted by molar-refractivity contribution is 0.0695. The van der Waals surface area contributed by atoms with E-state index in [9.17, 15) is 9.59 Å². The van der Waals surface area contributed by atoms with Crippen molar-refractivity contribution in [1.29, 1.82) is 0 Å². The number of hydrogen-bond donors (Lipinski definition) is 2. The van der Waals surface area contributed by atoms with Gasteiger partial charge in [0.1, 0.15) is 5.56 Å². The van der Waals surface area contributed by atoms with Crippen LogP contribution in [0.15, 0.2) is 34.6 Å². The molecule has 0 radical (unpaired) electrons. The Balaban J connectivity index is 2.30. The van der Waals surface area contributed by atoms with Crippen molar-refractivity contribution < 1.29 is 9.90 Å². The van der Waals surface area contributed by atoms with Crippen LogP contribution < -0.4 is 11.2 Å². The number of pyridine rings is 1. The molecule has 0 unspecified atom stereocenters. The van der Waals surface area contributed by atoms with E-state index in [4.69, 9.17) is 10.8 Å². The number of aromatic nitrogens is 2. The summed E-state index contributed by atoms with van der Waals surface area (Å²) in [5.74, 6) is -1.22. The van der Waals surface area contributed by atoms with Gasteiger partial charge < -0.3 is 15.4 Å². The predicted molar refractivity (Wildman–Crippen MR) is 86.4 cm³/mol. The molecule has 7 heteroatoms. The van der Waals surface area contributed by atoms with Crippen molar-refractivity contribution in [2.75, 3.05) is 5.73 Å². The molecule has 0 bridgehead atoms. The highest BCUT2D eigenvalue weighted by Gasteiger charge is 2.15. The maximum Gasteiger partial charge on any atom is 0.341 e. The predicted octanol–water partition coefficient (Wildman–Crippen LogP) is 2.43. The van der Waals surface area contributed by atoms with Crippen molar-refractivity contribution in [2.24, 2.45) is 0 Å². The number of aromatic carboxylic acids is 1. The average Bonchev–Trinajstić information content (AvgIpc) is 2.93. The van der Waals surface area contributed by atoms with E-state index in [0.717, 1.165) is 11.3 Å². The number of nitrogen functional groups attached to an aromatic ring is 1. The van der Waals surface area contributed by atoms with E-state index < -0.39 is 11.4 Å². The first-order valence-corrected chi connectivity index (χ1v) is 7.51. The maximum atomic E-state index is 12.3. The van der Waals surface area contributed by atoms with E-state index in [1.54, 1.807) is 16.7 Å². The molecule has 0 aliphatic carbocycles. The third kappa shape index (κ3) is 2.25. The molecule has 1 aromatic carbocycles. The standard InChI is InChI=1S/C15H13N3O3S/c1-2-18-6-10(14(20)21)13(19)9-4-3-8(5-12(9)18)11-7-22-15(16)17-11/h3-7H,2H2,1H3,(H2,16,17)(H,20,21). The topological polar surface area (TPSA) is 98.2 Å². The van der Waals surface area contributed by atoms with Crippen molar-refractivity contribution in [3.63, 3.8) is 0 Å². The van der Waals surface area contributed by atoms with E-state index in [2.05, 4.69) is 4.98 Å². The normalized spacial score (nSPS) is 11.0. The average molecular weight is 315 g/mol. The number of aryl methyl sites for hydroxylation is 1. The van der Waals surface area contributed by atoms with Crippen LogP contribution in [0.5, 0.6) is 0 Å². The van der Waals surface area contributed by atoms with Gasteiger partial charge in [-0.05, 0) is 19.1 Å². The van der Waals surface area contributed by atoms with Crippen LogP contribution in [0.25, 0.3) is 22.2 Å². The first kappa shape index (κ1) is 14.3. The van der Waals surface area contributed by atoms with E-state index in [1.165, 1.54) is 17.5 Å². The third-order valence-electron chi connectivity index (χ3n) is 3.47. The number of nitrogens with two attached hydrogens (primary N) is 1. The molecule has 6 nitrogen and oxygen atoms in total. The molecule has 3 aromatic rings. The number of thiazole rings is 1. The molecule has 2 heterocycles. The van der Waals surface area contributed by atoms with E-state index in [1.807, 2.05) is 18.4 Å². The summed E-state index contributed by atoms with van der Waals surface area (Å²) in [6.07, 6.45) is 1.38. The number of rotatable bonds is 3. The van der Waals surface area contributed by atoms with Crippen molar-refractivity contribution in [2.45, 2.75) is 13.5 Å². The number of carboxylic acid groups (broad SMARTS) is 1. The Morgan fingerprint density at radius 2 is 2.23 bits per heavy atom. The Kier molecular flexibility index (Phi) is 3.42. The Morgan fingerprint density at radius 1 is 1.45 bits per heavy atom. The number of anilines is 1. The molecule has 0 spiro atoms. The van der Waals surface area contributed by atoms with Crippen LogP contribution in [0.4, 0.5) is 5.13 Å². The van der Waals surface area contributed by atoms with Gasteiger partial charge in [0.15, 0.2) is 5.13 Å². The Hall–Kier alpha value is -2.67. The van der Waals surface area contributed by atoms with E-state index in [-0.39, 0.29) is 5.56 Å². The summed E-state index contributed by atoms with van der Waals surface area (Å²) in [7, 11) is 0. The summed E-state index contributed by atoms with van der Waals surface area (Å²) < 4.78 is 1.75. The van der Waals surface area contributed by atoms with Gasteiger partial charge in [-0.2, -0.15) is 0 Å². The van der Waals surface area contributed by atoms with Crippen molar-refractivity contribution >= 4 is 33.3 Å². The highest BCUT2D eigenvalue weighted by atomic mass is 32.1. The van der Waals surface area contributed by atoms with Crippen LogP contribution in [0.3, 0.4) is 0 Å². The van der Waals surface area contributed by atoms with Gasteiger partial charge in [0.05, 0.1) is 11.2 Å². The molecule has 0 aliphatic rings. The minimum Gasteiger partial charge on any atom is -0.477 e. The second-order valence-corrected chi connectivity index (χ2v) is 5.66. The molecule has 0 saturated carbocycles. The molecule has 0 saturated heterocycles. The highest BCUT2D eigenvalue weighted by molar-refractivity contribution is 7.13. The summed E-state index contributed by atoms with van der Waals surface area (Å²) in [5.41, 5.74) is 7.21. The molecule has 0 atom stereocenters. The zero-order valence-corrected chi connectivity index (χ0v) is 12.6. The Bertz CT molecular complexity index is 943. The van der Waals surface area contributed by atoms with Crippen LogP contribution in [0.1, 0.15) is 17.3 Å². The SMILES string of the molecule is CCn1cc(C(=O)O)c(=O)c2ccc(-c3csc(N)n3)cc21. The summed E-state index contributed by atoms with van der Waals surface area (Å²) in [6.45, 7) is 2.45. The smallest absolute Gasteiger partial charge is 0.341 e. The molecule has 2 aromatic heterocycles. The van der Waals surface area contributed by atoms with Crippen molar-refractivity contribution in [3.05, 3.63) is 45.6 Å². The zero-order chi connectivity index (χ0) is 15.9. The van der Waals surface area contributed by atoms with Gasteiger partial charge in [0, 0.05) is 29.1 Å². The van der Waals surface area contributed by atoms with Gasteiger partial charge in [-0.25, -0.2) is 9.78 Å². The fourth-order valence-corrected chi connectivity index (χ4v) is 2.96. The second-order valence-electron chi connectivity index (χ2n) is 4.77. The number of hydrogen-bond acceptors (Lipinski definition) is 5. The van der Waals surface area contributed by atoms with Gasteiger partial charge in [-0.15, -0.1) is 11.3 Å². The summed E-state index contributed by atoms with van der Waals surface area (Å²) in [6, 6.07) is 5.23. The number of carbonyl (C=O) groups is 1. The van der Waals surface area contributed by atoms with E-state index in [0.29, 0.717) is 22.6 Å². The van der Waals surface area contributed by atoms with Crippen LogP contribution in [0, 0.1) is 0 Å². The molecule has 3 rings (SSSR count). The van der Waals surface area contributed by atoms with Gasteiger partial charge in [0.2, 0.25) is 5.43 Å². The number of benzene rings is 1. The molecular weight excluding hydrogens is 302 g/mol. The van der Waals surface area contributed by atoms with Gasteiger partial charge in [0.25, 0.3) is 0 Å².